The van der Waals surface area contributed by atoms with E-state index in [1.165, 1.54) is 18.2 Å². The number of non-ortho nitro benzene ring substituents is 1. The molecule has 1 aromatic rings. The summed E-state index contributed by atoms with van der Waals surface area (Å²) in [6.45, 7) is 0. The first-order valence-corrected chi connectivity index (χ1v) is 4.12. The van der Waals surface area contributed by atoms with Gasteiger partial charge in [0.25, 0.3) is 5.69 Å². The standard InChI is InChI=1S/C9H8FNO2/c10-9-4-3-7(11(12)13)5-8(9)6-1-2-6/h3-6H,1-2H2. The Morgan fingerprint density at radius 3 is 2.69 bits per heavy atom. The minimum absolute atomic E-state index is 0.0247. The lowest BCUT2D eigenvalue weighted by Gasteiger charge is -1.99. The third-order valence-electron chi connectivity index (χ3n) is 2.21. The normalized spacial score (nSPS) is 15.8. The van der Waals surface area contributed by atoms with Crippen LogP contribution in [0.5, 0.6) is 0 Å². The van der Waals surface area contributed by atoms with Gasteiger partial charge in [0.1, 0.15) is 5.82 Å². The summed E-state index contributed by atoms with van der Waals surface area (Å²) in [5.74, 6) is -0.118. The zero-order valence-electron chi connectivity index (χ0n) is 6.87. The molecule has 0 atom stereocenters. The molecule has 3 nitrogen and oxygen atoms in total. The van der Waals surface area contributed by atoms with Crippen LogP contribution in [0, 0.1) is 15.9 Å². The highest BCUT2D eigenvalue weighted by Gasteiger charge is 2.27. The van der Waals surface area contributed by atoms with E-state index in [1.54, 1.807) is 0 Å². The Morgan fingerprint density at radius 1 is 1.46 bits per heavy atom. The van der Waals surface area contributed by atoms with Gasteiger partial charge in [-0.1, -0.05) is 0 Å². The van der Waals surface area contributed by atoms with Gasteiger partial charge in [0, 0.05) is 12.1 Å². The lowest BCUT2D eigenvalue weighted by molar-refractivity contribution is -0.385. The van der Waals surface area contributed by atoms with Crippen molar-refractivity contribution in [2.75, 3.05) is 0 Å². The number of rotatable bonds is 2. The number of nitrogens with zero attached hydrogens (tertiary/aromatic N) is 1. The Balaban J connectivity index is 2.41. The summed E-state index contributed by atoms with van der Waals surface area (Å²) in [4.78, 5) is 9.90. The number of benzene rings is 1. The first kappa shape index (κ1) is 8.16. The molecule has 0 unspecified atom stereocenters. The third-order valence-corrected chi connectivity index (χ3v) is 2.21. The summed E-state index contributed by atoms with van der Waals surface area (Å²) >= 11 is 0. The minimum atomic E-state index is -0.495. The summed E-state index contributed by atoms with van der Waals surface area (Å²) in [5.41, 5.74) is 0.470. The van der Waals surface area contributed by atoms with Crippen molar-refractivity contribution >= 4 is 5.69 Å². The summed E-state index contributed by atoms with van der Waals surface area (Å²) in [5, 5.41) is 10.4. The Labute approximate surface area is 74.3 Å². The first-order valence-electron chi connectivity index (χ1n) is 4.12. The topological polar surface area (TPSA) is 43.1 Å². The van der Waals surface area contributed by atoms with Crippen LogP contribution in [0.2, 0.25) is 0 Å². The molecule has 1 aromatic carbocycles. The van der Waals surface area contributed by atoms with E-state index >= 15 is 0 Å². The van der Waals surface area contributed by atoms with Crippen LogP contribution in [-0.2, 0) is 0 Å². The van der Waals surface area contributed by atoms with E-state index in [2.05, 4.69) is 0 Å². The van der Waals surface area contributed by atoms with Gasteiger partial charge in [-0.05, 0) is 30.4 Å². The van der Waals surface area contributed by atoms with Crippen LogP contribution in [0.3, 0.4) is 0 Å². The Morgan fingerprint density at radius 2 is 2.15 bits per heavy atom. The van der Waals surface area contributed by atoms with Crippen molar-refractivity contribution < 1.29 is 9.31 Å². The molecule has 1 saturated carbocycles. The maximum absolute atomic E-state index is 13.1. The zero-order valence-corrected chi connectivity index (χ0v) is 6.87. The predicted octanol–water partition coefficient (Wildman–Crippen LogP) is 2.61. The Hall–Kier alpha value is -1.45. The summed E-state index contributed by atoms with van der Waals surface area (Å²) in [7, 11) is 0. The minimum Gasteiger partial charge on any atom is -0.258 e. The molecule has 0 bridgehead atoms. The van der Waals surface area contributed by atoms with E-state index in [0.717, 1.165) is 12.8 Å². The van der Waals surface area contributed by atoms with E-state index < -0.39 is 4.92 Å². The van der Waals surface area contributed by atoms with Crippen LogP contribution in [0.25, 0.3) is 0 Å². The zero-order chi connectivity index (χ0) is 9.42. The second-order valence-corrected chi connectivity index (χ2v) is 3.24. The van der Waals surface area contributed by atoms with Crippen molar-refractivity contribution in [1.82, 2.24) is 0 Å². The molecule has 68 valence electrons. The number of nitro groups is 1. The Kier molecular flexibility index (Phi) is 1.76. The highest BCUT2D eigenvalue weighted by Crippen LogP contribution is 2.42. The molecular weight excluding hydrogens is 173 g/mol. The molecule has 0 amide bonds. The van der Waals surface area contributed by atoms with Gasteiger partial charge in [-0.15, -0.1) is 0 Å². The van der Waals surface area contributed by atoms with Gasteiger partial charge in [-0.2, -0.15) is 0 Å². The second-order valence-electron chi connectivity index (χ2n) is 3.24. The molecule has 13 heavy (non-hydrogen) atoms. The maximum Gasteiger partial charge on any atom is 0.269 e. The molecular formula is C9H8FNO2. The predicted molar refractivity (Wildman–Crippen MR) is 45.0 cm³/mol. The highest BCUT2D eigenvalue weighted by atomic mass is 19.1. The van der Waals surface area contributed by atoms with Crippen LogP contribution in [0.4, 0.5) is 10.1 Å². The van der Waals surface area contributed by atoms with Crippen LogP contribution in [0.1, 0.15) is 24.3 Å². The van der Waals surface area contributed by atoms with E-state index in [-0.39, 0.29) is 17.4 Å². The lowest BCUT2D eigenvalue weighted by atomic mass is 10.1. The monoisotopic (exact) mass is 181 g/mol. The average Bonchev–Trinajstić information content (AvgIpc) is 2.87. The third kappa shape index (κ3) is 1.52. The van der Waals surface area contributed by atoms with Crippen LogP contribution >= 0.6 is 0 Å². The Bertz CT molecular complexity index is 361. The quantitative estimate of drug-likeness (QED) is 0.519. The molecule has 1 aliphatic rings. The summed E-state index contributed by atoms with van der Waals surface area (Å²) < 4.78 is 13.1. The molecule has 4 heteroatoms. The molecule has 0 saturated heterocycles. The molecule has 1 fully saturated rings. The lowest BCUT2D eigenvalue weighted by Crippen LogP contribution is -1.92. The van der Waals surface area contributed by atoms with Crippen molar-refractivity contribution in [2.45, 2.75) is 18.8 Å². The van der Waals surface area contributed by atoms with Crippen LogP contribution < -0.4 is 0 Å². The number of hydrogen-bond acceptors (Lipinski definition) is 2. The molecule has 0 aliphatic heterocycles. The SMILES string of the molecule is O=[N+]([O-])c1ccc(F)c(C2CC2)c1. The molecule has 0 aromatic heterocycles. The van der Waals surface area contributed by atoms with E-state index in [9.17, 15) is 14.5 Å². The van der Waals surface area contributed by atoms with Gasteiger partial charge in [0.15, 0.2) is 0 Å². The molecule has 0 heterocycles. The average molecular weight is 181 g/mol. The van der Waals surface area contributed by atoms with Crippen molar-refractivity contribution in [2.24, 2.45) is 0 Å². The van der Waals surface area contributed by atoms with Gasteiger partial charge >= 0.3 is 0 Å². The number of nitro benzene ring substituents is 1. The van der Waals surface area contributed by atoms with Gasteiger partial charge < -0.3 is 0 Å². The van der Waals surface area contributed by atoms with E-state index in [1.807, 2.05) is 0 Å². The van der Waals surface area contributed by atoms with E-state index in [4.69, 9.17) is 0 Å². The molecule has 2 rings (SSSR count). The number of hydrogen-bond donors (Lipinski definition) is 0. The fourth-order valence-electron chi connectivity index (χ4n) is 1.35. The largest absolute Gasteiger partial charge is 0.269 e. The van der Waals surface area contributed by atoms with Crippen molar-refractivity contribution in [3.05, 3.63) is 39.7 Å². The molecule has 0 N–H and O–H groups in total. The van der Waals surface area contributed by atoms with Gasteiger partial charge in [-0.25, -0.2) is 4.39 Å². The van der Waals surface area contributed by atoms with Gasteiger partial charge in [-0.3, -0.25) is 10.1 Å². The van der Waals surface area contributed by atoms with Crippen LogP contribution in [-0.4, -0.2) is 4.92 Å². The van der Waals surface area contributed by atoms with Crippen molar-refractivity contribution in [3.8, 4) is 0 Å². The van der Waals surface area contributed by atoms with Crippen molar-refractivity contribution in [1.29, 1.82) is 0 Å². The summed E-state index contributed by atoms with van der Waals surface area (Å²) in [6, 6.07) is 3.71. The fraction of sp³-hybridized carbons (Fsp3) is 0.333. The van der Waals surface area contributed by atoms with Gasteiger partial charge in [0.2, 0.25) is 0 Å². The number of halogens is 1. The maximum atomic E-state index is 13.1. The van der Waals surface area contributed by atoms with Crippen molar-refractivity contribution in [3.63, 3.8) is 0 Å². The fourth-order valence-corrected chi connectivity index (χ4v) is 1.35. The highest BCUT2D eigenvalue weighted by molar-refractivity contribution is 5.38. The van der Waals surface area contributed by atoms with Gasteiger partial charge in [0.05, 0.1) is 4.92 Å². The smallest absolute Gasteiger partial charge is 0.258 e. The second kappa shape index (κ2) is 2.80. The van der Waals surface area contributed by atoms with Crippen LogP contribution in [0.15, 0.2) is 18.2 Å². The molecule has 0 radical (unpaired) electrons. The summed E-state index contributed by atoms with van der Waals surface area (Å²) in [6.07, 6.45) is 1.89. The first-order chi connectivity index (χ1) is 6.18. The molecule has 1 aliphatic carbocycles. The molecule has 0 spiro atoms. The van der Waals surface area contributed by atoms with E-state index in [0.29, 0.717) is 5.56 Å².